The number of hydrogen-bond acceptors (Lipinski definition) is 10. The molecule has 14 heteroatoms. The molecule has 0 saturated heterocycles. The van der Waals surface area contributed by atoms with Gasteiger partial charge in [-0.1, -0.05) is 11.6 Å². The molecule has 0 saturated carbocycles. The molecule has 1 amide bonds. The zero-order valence-electron chi connectivity index (χ0n) is 21.6. The van der Waals surface area contributed by atoms with Crippen molar-refractivity contribution in [3.8, 4) is 28.2 Å². The lowest BCUT2D eigenvalue weighted by Gasteiger charge is -2.30. The normalized spacial score (nSPS) is 12.8. The fourth-order valence-electron chi connectivity index (χ4n) is 4.04. The minimum absolute atomic E-state index is 0.0427. The number of fused-ring (bicyclic) bond motifs is 2. The molecule has 0 spiro atoms. The molecule has 3 aromatic heterocycles. The van der Waals surface area contributed by atoms with E-state index >= 15 is 4.39 Å². The number of aromatic nitrogens is 5. The molecule has 11 nitrogen and oxygen atoms in total. The van der Waals surface area contributed by atoms with Crippen LogP contribution in [0.5, 0.6) is 17.6 Å². The maximum Gasteiger partial charge on any atom is 0.412 e. The summed E-state index contributed by atoms with van der Waals surface area (Å²) in [6, 6.07) is 5.59. The van der Waals surface area contributed by atoms with Crippen molar-refractivity contribution in [2.45, 2.75) is 26.0 Å². The summed E-state index contributed by atoms with van der Waals surface area (Å²) in [5.41, 5.74) is 2.38. The number of thiazole rings is 1. The van der Waals surface area contributed by atoms with Gasteiger partial charge in [0.2, 0.25) is 5.88 Å². The molecule has 40 heavy (non-hydrogen) atoms. The average Bonchev–Trinajstić information content (AvgIpc) is 3.35. The second-order valence-electron chi connectivity index (χ2n) is 8.65. The Kier molecular flexibility index (Phi) is 7.50. The summed E-state index contributed by atoms with van der Waals surface area (Å²) < 4.78 is 31.8. The van der Waals surface area contributed by atoms with Gasteiger partial charge >= 0.3 is 12.1 Å². The third-order valence-corrected chi connectivity index (χ3v) is 7.42. The maximum atomic E-state index is 15.1. The number of ether oxygens (including phenoxy) is 3. The summed E-state index contributed by atoms with van der Waals surface area (Å²) in [7, 11) is 2.90. The highest BCUT2D eigenvalue weighted by Crippen LogP contribution is 2.38. The average molecular weight is 585 g/mol. The lowest BCUT2D eigenvalue weighted by molar-refractivity contribution is 0.167. The van der Waals surface area contributed by atoms with Gasteiger partial charge in [0, 0.05) is 22.7 Å². The van der Waals surface area contributed by atoms with Crippen LogP contribution in [-0.4, -0.2) is 62.5 Å². The molecule has 0 radical (unpaired) electrons. The Hall–Kier alpha value is -4.36. The highest BCUT2D eigenvalue weighted by atomic mass is 35.5. The lowest BCUT2D eigenvalue weighted by atomic mass is 10.1. The molecule has 0 aliphatic rings. The summed E-state index contributed by atoms with van der Waals surface area (Å²) in [5.74, 6) is -0.337. The Morgan fingerprint density at radius 3 is 2.45 bits per heavy atom. The van der Waals surface area contributed by atoms with Gasteiger partial charge < -0.3 is 19.3 Å². The van der Waals surface area contributed by atoms with Crippen LogP contribution in [0, 0.1) is 5.82 Å². The quantitative estimate of drug-likeness (QED) is 0.237. The largest absolute Gasteiger partial charge is 0.485 e. The first-order valence-electron chi connectivity index (χ1n) is 11.8. The molecule has 5 rings (SSSR count). The minimum atomic E-state index is -1.24. The van der Waals surface area contributed by atoms with E-state index in [-0.39, 0.29) is 17.4 Å². The van der Waals surface area contributed by atoms with Gasteiger partial charge in [0.1, 0.15) is 11.1 Å². The molecule has 0 fully saturated rings. The van der Waals surface area contributed by atoms with Crippen molar-refractivity contribution >= 4 is 56.0 Å². The summed E-state index contributed by atoms with van der Waals surface area (Å²) in [5, 5.41) is 10.9. The number of carboxylic acid groups (broad SMARTS) is 1. The smallest absolute Gasteiger partial charge is 0.412 e. The fraction of sp³-hybridized carbons (Fsp3) is 0.231. The zero-order valence-corrected chi connectivity index (χ0v) is 23.2. The number of benzene rings is 2. The van der Waals surface area contributed by atoms with Gasteiger partial charge in [-0.3, -0.25) is 4.90 Å². The van der Waals surface area contributed by atoms with Crippen molar-refractivity contribution < 1.29 is 28.5 Å². The molecule has 2 atom stereocenters. The predicted molar refractivity (Wildman–Crippen MR) is 148 cm³/mol. The summed E-state index contributed by atoms with van der Waals surface area (Å²) in [6.07, 6.45) is 2.16. The van der Waals surface area contributed by atoms with Crippen LogP contribution < -0.4 is 19.1 Å². The van der Waals surface area contributed by atoms with Crippen LogP contribution in [0.2, 0.25) is 5.02 Å². The van der Waals surface area contributed by atoms with Crippen molar-refractivity contribution in [2.75, 3.05) is 19.1 Å². The van der Waals surface area contributed by atoms with Crippen LogP contribution in [-0.2, 0) is 0 Å². The Labute approximate surface area is 236 Å². The first-order chi connectivity index (χ1) is 19.2. The van der Waals surface area contributed by atoms with Crippen LogP contribution in [0.3, 0.4) is 0 Å². The third-order valence-electron chi connectivity index (χ3n) is 6.15. The van der Waals surface area contributed by atoms with Gasteiger partial charge in [-0.05, 0) is 26.0 Å². The van der Waals surface area contributed by atoms with Crippen LogP contribution in [0.4, 0.5) is 14.9 Å². The van der Waals surface area contributed by atoms with Crippen LogP contribution in [0.15, 0.2) is 42.9 Å². The minimum Gasteiger partial charge on any atom is -0.485 e. The Bertz CT molecular complexity index is 1720. The predicted octanol–water partition coefficient (Wildman–Crippen LogP) is 5.85. The number of nitrogens with zero attached hydrogens (tertiary/aromatic N) is 6. The van der Waals surface area contributed by atoms with E-state index in [0.717, 1.165) is 4.90 Å². The molecule has 2 aromatic carbocycles. The Morgan fingerprint density at radius 2 is 1.77 bits per heavy atom. The van der Waals surface area contributed by atoms with Gasteiger partial charge in [-0.15, -0.1) is 11.3 Å². The molecule has 3 heterocycles. The number of halogens is 2. The molecule has 206 valence electrons. The lowest BCUT2D eigenvalue weighted by Crippen LogP contribution is -2.46. The topological polar surface area (TPSA) is 133 Å². The second-order valence-corrected chi connectivity index (χ2v) is 10.1. The van der Waals surface area contributed by atoms with E-state index < -0.39 is 24.1 Å². The number of hydrogen-bond donors (Lipinski definition) is 1. The van der Waals surface area contributed by atoms with Gasteiger partial charge in [-0.25, -0.2) is 34.1 Å². The fourth-order valence-corrected chi connectivity index (χ4v) is 5.24. The van der Waals surface area contributed by atoms with Gasteiger partial charge in [0.25, 0.3) is 0 Å². The van der Waals surface area contributed by atoms with E-state index in [1.165, 1.54) is 56.3 Å². The van der Waals surface area contributed by atoms with E-state index in [2.05, 4.69) is 24.9 Å². The maximum absolute atomic E-state index is 15.1. The molecular weight excluding hydrogens is 563 g/mol. The first kappa shape index (κ1) is 27.2. The number of carbonyl (C=O) groups is 1. The molecule has 1 N–H and O–H groups in total. The van der Waals surface area contributed by atoms with Crippen molar-refractivity contribution in [3.63, 3.8) is 0 Å². The second kappa shape index (κ2) is 11.0. The SMILES string of the molecule is COc1cnc2c(-c3nc4cc(F)c(OC(C)C(C)N(C(=O)O)c5cnc(OC)nc5)cc4s3)cc(Cl)cc2n1. The number of amides is 1. The third kappa shape index (κ3) is 5.25. The van der Waals surface area contributed by atoms with Crippen molar-refractivity contribution in [1.82, 2.24) is 24.9 Å². The van der Waals surface area contributed by atoms with Crippen molar-refractivity contribution in [3.05, 3.63) is 53.7 Å². The van der Waals surface area contributed by atoms with Gasteiger partial charge in [0.05, 0.1) is 65.8 Å². The molecule has 0 aliphatic carbocycles. The molecule has 2 unspecified atom stereocenters. The van der Waals surface area contributed by atoms with Gasteiger partial charge in [-0.2, -0.15) is 0 Å². The first-order valence-corrected chi connectivity index (χ1v) is 13.0. The number of rotatable bonds is 8. The molecule has 5 aromatic rings. The van der Waals surface area contributed by atoms with Crippen LogP contribution >= 0.6 is 22.9 Å². The van der Waals surface area contributed by atoms with E-state index in [1.807, 2.05) is 0 Å². The monoisotopic (exact) mass is 584 g/mol. The van der Waals surface area contributed by atoms with Crippen molar-refractivity contribution in [1.29, 1.82) is 0 Å². The highest BCUT2D eigenvalue weighted by Gasteiger charge is 2.29. The van der Waals surface area contributed by atoms with E-state index in [1.54, 1.807) is 26.0 Å². The Balaban J connectivity index is 1.45. The molecule has 0 bridgehead atoms. The summed E-state index contributed by atoms with van der Waals surface area (Å²) in [4.78, 5) is 34.5. The van der Waals surface area contributed by atoms with Crippen LogP contribution in [0.25, 0.3) is 31.8 Å². The van der Waals surface area contributed by atoms with Crippen molar-refractivity contribution in [2.24, 2.45) is 0 Å². The number of anilines is 1. The van der Waals surface area contributed by atoms with E-state index in [4.69, 9.17) is 25.8 Å². The van der Waals surface area contributed by atoms with E-state index in [9.17, 15) is 9.90 Å². The van der Waals surface area contributed by atoms with Crippen LogP contribution in [0.1, 0.15) is 13.8 Å². The summed E-state index contributed by atoms with van der Waals surface area (Å²) >= 11 is 7.65. The summed E-state index contributed by atoms with van der Waals surface area (Å²) in [6.45, 7) is 3.29. The number of methoxy groups -OCH3 is 2. The Morgan fingerprint density at radius 1 is 1.02 bits per heavy atom. The zero-order chi connectivity index (χ0) is 28.6. The highest BCUT2D eigenvalue weighted by molar-refractivity contribution is 7.21. The standard InChI is InChI=1S/C26H22ClFN6O5S/c1-12(34(26(35)36)15-9-30-25(38-4)31-10-15)13(2)39-20-8-21-18(7-17(20)28)33-24(40-21)16-5-14(27)6-19-23(16)29-11-22(32-19)37-3/h5-13H,1-4H3,(H,35,36). The molecular formula is C26H22ClFN6O5S. The molecule has 0 aliphatic heterocycles. The van der Waals surface area contributed by atoms with E-state index in [0.29, 0.717) is 42.7 Å². The van der Waals surface area contributed by atoms with Gasteiger partial charge in [0.15, 0.2) is 11.6 Å².